The van der Waals surface area contributed by atoms with Crippen molar-refractivity contribution in [3.63, 3.8) is 0 Å². The van der Waals surface area contributed by atoms with Crippen LogP contribution in [0.1, 0.15) is 59.1 Å². The van der Waals surface area contributed by atoms with E-state index >= 15 is 0 Å². The van der Waals surface area contributed by atoms with Crippen molar-refractivity contribution >= 4 is 5.97 Å². The maximum absolute atomic E-state index is 11.4. The molecule has 0 fully saturated rings. The number of carboxylic acids is 1. The summed E-state index contributed by atoms with van der Waals surface area (Å²) in [4.78, 5) is 15.5. The van der Waals surface area contributed by atoms with Gasteiger partial charge in [-0.25, -0.2) is 4.98 Å². The van der Waals surface area contributed by atoms with E-state index in [2.05, 4.69) is 10.3 Å². The van der Waals surface area contributed by atoms with Gasteiger partial charge in [-0.2, -0.15) is 0 Å². The van der Waals surface area contributed by atoms with Crippen molar-refractivity contribution in [2.24, 2.45) is 0 Å². The van der Waals surface area contributed by atoms with Gasteiger partial charge >= 0.3 is 5.97 Å². The van der Waals surface area contributed by atoms with Crippen molar-refractivity contribution in [1.29, 1.82) is 0 Å². The van der Waals surface area contributed by atoms with Gasteiger partial charge < -0.3 is 9.52 Å². The van der Waals surface area contributed by atoms with Gasteiger partial charge in [0.1, 0.15) is 11.3 Å². The molecule has 0 radical (unpaired) electrons. The van der Waals surface area contributed by atoms with Crippen LogP contribution in [0.25, 0.3) is 0 Å². The summed E-state index contributed by atoms with van der Waals surface area (Å²) in [6.07, 6.45) is 2.74. The number of nitrogens with zero attached hydrogens (tertiary/aromatic N) is 1. The van der Waals surface area contributed by atoms with Crippen LogP contribution in [0, 0.1) is 0 Å². The Labute approximate surface area is 114 Å². The zero-order chi connectivity index (χ0) is 14.7. The Hall–Kier alpha value is -1.36. The highest BCUT2D eigenvalue weighted by molar-refractivity contribution is 5.78. The second-order valence-corrected chi connectivity index (χ2v) is 5.82. The molecule has 0 bridgehead atoms. The normalized spacial score (nSPS) is 12.7. The number of hydrogen-bond acceptors (Lipinski definition) is 4. The predicted molar refractivity (Wildman–Crippen MR) is 73.0 cm³/mol. The summed E-state index contributed by atoms with van der Waals surface area (Å²) in [5, 5.41) is 12.4. The van der Waals surface area contributed by atoms with Crippen LogP contribution in [0.15, 0.2) is 10.6 Å². The molecule has 5 nitrogen and oxygen atoms in total. The predicted octanol–water partition coefficient (Wildman–Crippen LogP) is 2.71. The van der Waals surface area contributed by atoms with E-state index in [1.807, 2.05) is 34.6 Å². The lowest BCUT2D eigenvalue weighted by molar-refractivity contribution is -0.145. The Morgan fingerprint density at radius 3 is 2.32 bits per heavy atom. The molecule has 0 spiro atoms. The highest BCUT2D eigenvalue weighted by Gasteiger charge is 2.34. The number of carbonyl (C=O) groups is 1. The first-order valence-corrected chi connectivity index (χ1v) is 6.68. The molecule has 19 heavy (non-hydrogen) atoms. The molecule has 1 aromatic heterocycles. The van der Waals surface area contributed by atoms with Crippen molar-refractivity contribution < 1.29 is 14.3 Å². The van der Waals surface area contributed by atoms with Crippen molar-refractivity contribution in [3.05, 3.63) is 17.8 Å². The molecular formula is C14H24N2O3. The van der Waals surface area contributed by atoms with Crippen LogP contribution in [-0.4, -0.2) is 21.6 Å². The molecule has 0 unspecified atom stereocenters. The van der Waals surface area contributed by atoms with Gasteiger partial charge in [0.25, 0.3) is 0 Å². The third-order valence-electron chi connectivity index (χ3n) is 3.49. The number of rotatable bonds is 6. The number of hydrogen-bond donors (Lipinski definition) is 2. The Bertz CT molecular complexity index is 428. The molecule has 1 rings (SSSR count). The summed E-state index contributed by atoms with van der Waals surface area (Å²) < 4.78 is 5.65. The van der Waals surface area contributed by atoms with Gasteiger partial charge in [-0.15, -0.1) is 0 Å². The van der Waals surface area contributed by atoms with E-state index in [1.54, 1.807) is 6.20 Å². The average Bonchev–Trinajstić information content (AvgIpc) is 2.79. The maximum Gasteiger partial charge on any atom is 0.323 e. The van der Waals surface area contributed by atoms with Gasteiger partial charge in [-0.3, -0.25) is 10.1 Å². The van der Waals surface area contributed by atoms with Gasteiger partial charge in [0.05, 0.1) is 12.7 Å². The fourth-order valence-electron chi connectivity index (χ4n) is 1.86. The largest absolute Gasteiger partial charge is 0.480 e. The fourth-order valence-corrected chi connectivity index (χ4v) is 1.86. The van der Waals surface area contributed by atoms with E-state index < -0.39 is 11.5 Å². The fraction of sp³-hybridized carbons (Fsp3) is 0.714. The lowest BCUT2D eigenvalue weighted by atomic mass is 9.93. The van der Waals surface area contributed by atoms with Gasteiger partial charge in [-0.1, -0.05) is 34.6 Å². The Morgan fingerprint density at radius 2 is 1.95 bits per heavy atom. The lowest BCUT2D eigenvalue weighted by Crippen LogP contribution is -2.50. The second-order valence-electron chi connectivity index (χ2n) is 5.82. The van der Waals surface area contributed by atoms with Gasteiger partial charge in [0.2, 0.25) is 5.89 Å². The molecule has 0 aliphatic heterocycles. The van der Waals surface area contributed by atoms with E-state index in [0.717, 1.165) is 5.76 Å². The molecule has 108 valence electrons. The number of aliphatic carboxylic acids is 1. The van der Waals surface area contributed by atoms with Gasteiger partial charge in [-0.05, 0) is 12.8 Å². The van der Waals surface area contributed by atoms with E-state index in [0.29, 0.717) is 25.3 Å². The van der Waals surface area contributed by atoms with Crippen LogP contribution in [0.4, 0.5) is 0 Å². The number of aromatic nitrogens is 1. The minimum Gasteiger partial charge on any atom is -0.480 e. The molecule has 1 heterocycles. The van der Waals surface area contributed by atoms with Crippen LogP contribution in [-0.2, 0) is 16.8 Å². The van der Waals surface area contributed by atoms with Crippen molar-refractivity contribution in [2.45, 2.75) is 65.0 Å². The summed E-state index contributed by atoms with van der Waals surface area (Å²) in [5.74, 6) is 0.496. The molecule has 0 atom stereocenters. The first kappa shape index (κ1) is 15.7. The minimum absolute atomic E-state index is 0.0926. The third-order valence-corrected chi connectivity index (χ3v) is 3.49. The summed E-state index contributed by atoms with van der Waals surface area (Å²) in [6.45, 7) is 10.2. The quantitative estimate of drug-likeness (QED) is 0.829. The highest BCUT2D eigenvalue weighted by Crippen LogP contribution is 2.23. The highest BCUT2D eigenvalue weighted by atomic mass is 16.4. The Balaban J connectivity index is 2.76. The molecule has 0 aliphatic rings. The van der Waals surface area contributed by atoms with Gasteiger partial charge in [0, 0.05) is 5.41 Å². The smallest absolute Gasteiger partial charge is 0.323 e. The first-order chi connectivity index (χ1) is 8.75. The molecule has 0 aliphatic carbocycles. The molecule has 0 saturated carbocycles. The summed E-state index contributed by atoms with van der Waals surface area (Å²) in [6, 6.07) is 0. The van der Waals surface area contributed by atoms with Crippen LogP contribution in [0.5, 0.6) is 0 Å². The molecule has 0 amide bonds. The summed E-state index contributed by atoms with van der Waals surface area (Å²) in [5.41, 5.74) is -0.999. The van der Waals surface area contributed by atoms with E-state index in [4.69, 9.17) is 4.42 Å². The SMILES string of the molecule is CCC(CC)(NCc1ncc(C(C)(C)C)o1)C(=O)O. The van der Waals surface area contributed by atoms with E-state index in [9.17, 15) is 9.90 Å². The monoisotopic (exact) mass is 268 g/mol. The maximum atomic E-state index is 11.4. The minimum atomic E-state index is -0.906. The molecular weight excluding hydrogens is 244 g/mol. The zero-order valence-electron chi connectivity index (χ0n) is 12.4. The molecule has 1 aromatic rings. The Kier molecular flexibility index (Phi) is 4.74. The average molecular weight is 268 g/mol. The summed E-state index contributed by atoms with van der Waals surface area (Å²) in [7, 11) is 0. The van der Waals surface area contributed by atoms with E-state index in [-0.39, 0.29) is 5.41 Å². The van der Waals surface area contributed by atoms with Crippen LogP contribution in [0.2, 0.25) is 0 Å². The van der Waals surface area contributed by atoms with Crippen LogP contribution in [0.3, 0.4) is 0 Å². The second kappa shape index (κ2) is 5.74. The van der Waals surface area contributed by atoms with Crippen LogP contribution < -0.4 is 5.32 Å². The standard InChI is InChI=1S/C14H24N2O3/c1-6-14(7-2,12(17)18)16-9-11-15-8-10(19-11)13(3,4)5/h8,16H,6-7,9H2,1-5H3,(H,17,18). The van der Waals surface area contributed by atoms with Gasteiger partial charge in [0.15, 0.2) is 0 Å². The molecule has 0 aromatic carbocycles. The molecule has 2 N–H and O–H groups in total. The number of nitrogens with one attached hydrogen (secondary N) is 1. The molecule has 5 heteroatoms. The summed E-state index contributed by atoms with van der Waals surface area (Å²) >= 11 is 0. The van der Waals surface area contributed by atoms with Crippen molar-refractivity contribution in [1.82, 2.24) is 10.3 Å². The number of oxazole rings is 1. The van der Waals surface area contributed by atoms with Crippen molar-refractivity contribution in [3.8, 4) is 0 Å². The first-order valence-electron chi connectivity index (χ1n) is 6.68. The third kappa shape index (κ3) is 3.56. The van der Waals surface area contributed by atoms with Crippen LogP contribution >= 0.6 is 0 Å². The van der Waals surface area contributed by atoms with E-state index in [1.165, 1.54) is 0 Å². The lowest BCUT2D eigenvalue weighted by Gasteiger charge is -2.27. The Morgan fingerprint density at radius 1 is 1.37 bits per heavy atom. The zero-order valence-corrected chi connectivity index (χ0v) is 12.4. The van der Waals surface area contributed by atoms with Crippen molar-refractivity contribution in [2.75, 3.05) is 0 Å². The topological polar surface area (TPSA) is 75.4 Å². The molecule has 0 saturated heterocycles. The number of carboxylic acid groups (broad SMARTS) is 1.